The van der Waals surface area contributed by atoms with Gasteiger partial charge in [0.05, 0.1) is 23.4 Å². The van der Waals surface area contributed by atoms with Crippen LogP contribution in [-0.2, 0) is 6.54 Å². The number of amides is 1. The Bertz CT molecular complexity index is 1310. The molecule has 1 amide bonds. The molecule has 158 valence electrons. The summed E-state index contributed by atoms with van der Waals surface area (Å²) >= 11 is 0. The topological polar surface area (TPSA) is 137 Å². The summed E-state index contributed by atoms with van der Waals surface area (Å²) in [7, 11) is 1.49. The van der Waals surface area contributed by atoms with Crippen LogP contribution in [0.4, 0.5) is 4.39 Å². The first kappa shape index (κ1) is 19.9. The number of aromatic nitrogens is 4. The summed E-state index contributed by atoms with van der Waals surface area (Å²) in [6, 6.07) is 9.25. The van der Waals surface area contributed by atoms with E-state index in [-0.39, 0.29) is 29.2 Å². The summed E-state index contributed by atoms with van der Waals surface area (Å²) in [6.07, 6.45) is 1.36. The van der Waals surface area contributed by atoms with E-state index in [1.54, 1.807) is 6.07 Å². The van der Waals surface area contributed by atoms with Crippen LogP contribution < -0.4 is 5.69 Å². The highest BCUT2D eigenvalue weighted by molar-refractivity contribution is 5.98. The SMILES string of the molecule is CN(Cc1ccon1)C(=O)c1cc(-c2n[nH]c(=O)n2-c2ccccc2F)c(O)cc1O. The molecule has 11 heteroatoms. The zero-order valence-electron chi connectivity index (χ0n) is 16.1. The van der Waals surface area contributed by atoms with E-state index in [2.05, 4.69) is 15.4 Å². The van der Waals surface area contributed by atoms with Gasteiger partial charge in [-0.25, -0.2) is 18.9 Å². The molecule has 10 nitrogen and oxygen atoms in total. The Hall–Kier alpha value is -4.41. The van der Waals surface area contributed by atoms with E-state index < -0.39 is 28.9 Å². The molecule has 2 aromatic heterocycles. The average Bonchev–Trinajstić information content (AvgIpc) is 3.38. The average molecular weight is 425 g/mol. The highest BCUT2D eigenvalue weighted by atomic mass is 19.1. The Morgan fingerprint density at radius 2 is 2.00 bits per heavy atom. The molecule has 0 bridgehead atoms. The minimum Gasteiger partial charge on any atom is -0.507 e. The zero-order valence-corrected chi connectivity index (χ0v) is 16.1. The maximum absolute atomic E-state index is 14.3. The van der Waals surface area contributed by atoms with Crippen molar-refractivity contribution in [2.24, 2.45) is 0 Å². The van der Waals surface area contributed by atoms with Crippen LogP contribution >= 0.6 is 0 Å². The quantitative estimate of drug-likeness (QED) is 0.445. The van der Waals surface area contributed by atoms with E-state index in [4.69, 9.17) is 4.52 Å². The van der Waals surface area contributed by atoms with Gasteiger partial charge in [0.15, 0.2) is 5.82 Å². The van der Waals surface area contributed by atoms with E-state index in [0.29, 0.717) is 5.69 Å². The lowest BCUT2D eigenvalue weighted by atomic mass is 10.1. The third kappa shape index (κ3) is 3.64. The van der Waals surface area contributed by atoms with Crippen molar-refractivity contribution in [2.75, 3.05) is 7.05 Å². The van der Waals surface area contributed by atoms with Crippen LogP contribution in [0, 0.1) is 5.82 Å². The number of phenols is 2. The highest BCUT2D eigenvalue weighted by Crippen LogP contribution is 2.35. The van der Waals surface area contributed by atoms with Crippen molar-refractivity contribution in [2.45, 2.75) is 6.54 Å². The lowest BCUT2D eigenvalue weighted by Gasteiger charge is -2.17. The Balaban J connectivity index is 1.79. The van der Waals surface area contributed by atoms with Crippen molar-refractivity contribution in [1.29, 1.82) is 0 Å². The number of nitrogens with one attached hydrogen (secondary N) is 1. The van der Waals surface area contributed by atoms with Crippen LogP contribution in [0.3, 0.4) is 0 Å². The number of hydrogen-bond acceptors (Lipinski definition) is 7. The third-order valence-electron chi connectivity index (χ3n) is 4.59. The maximum Gasteiger partial charge on any atom is 0.348 e. The molecule has 0 atom stereocenters. The van der Waals surface area contributed by atoms with Gasteiger partial charge >= 0.3 is 5.69 Å². The Labute approximate surface area is 173 Å². The summed E-state index contributed by atoms with van der Waals surface area (Å²) < 4.78 is 20.0. The summed E-state index contributed by atoms with van der Waals surface area (Å²) in [5, 5.41) is 30.4. The van der Waals surface area contributed by atoms with Gasteiger partial charge in [-0.15, -0.1) is 0 Å². The lowest BCUT2D eigenvalue weighted by molar-refractivity contribution is 0.0779. The standard InChI is InChI=1S/C20H16FN5O5/c1-25(10-11-6-7-31-24-11)19(29)13-8-12(16(27)9-17(13)28)18-22-23-20(30)26(18)15-5-3-2-4-14(15)21/h2-9,27-28H,10H2,1H3,(H,23,30). The van der Waals surface area contributed by atoms with E-state index in [9.17, 15) is 24.2 Å². The van der Waals surface area contributed by atoms with Crippen LogP contribution in [0.25, 0.3) is 17.1 Å². The van der Waals surface area contributed by atoms with Crippen molar-refractivity contribution in [3.05, 3.63) is 76.3 Å². The number of para-hydroxylation sites is 1. The molecule has 3 N–H and O–H groups in total. The van der Waals surface area contributed by atoms with Crippen LogP contribution in [0.5, 0.6) is 11.5 Å². The summed E-state index contributed by atoms with van der Waals surface area (Å²) in [4.78, 5) is 26.5. The fraction of sp³-hybridized carbons (Fsp3) is 0.100. The second-order valence-corrected chi connectivity index (χ2v) is 6.68. The molecule has 0 saturated heterocycles. The normalized spacial score (nSPS) is 10.9. The third-order valence-corrected chi connectivity index (χ3v) is 4.59. The largest absolute Gasteiger partial charge is 0.507 e. The molecule has 0 unspecified atom stereocenters. The number of phenolic OH excluding ortho intramolecular Hbond substituents is 2. The monoisotopic (exact) mass is 425 g/mol. The van der Waals surface area contributed by atoms with Crippen molar-refractivity contribution in [1.82, 2.24) is 24.8 Å². The lowest BCUT2D eigenvalue weighted by Crippen LogP contribution is -2.26. The summed E-state index contributed by atoms with van der Waals surface area (Å²) in [5.41, 5.74) is -0.565. The number of aromatic hydroxyl groups is 2. The number of H-pyrrole nitrogens is 1. The fourth-order valence-corrected chi connectivity index (χ4v) is 3.10. The molecule has 0 aliphatic carbocycles. The van der Waals surface area contributed by atoms with Gasteiger partial charge in [-0.3, -0.25) is 4.79 Å². The predicted molar refractivity (Wildman–Crippen MR) is 105 cm³/mol. The fourth-order valence-electron chi connectivity index (χ4n) is 3.10. The molecule has 0 aliphatic rings. The molecule has 0 fully saturated rings. The van der Waals surface area contributed by atoms with E-state index in [0.717, 1.165) is 10.6 Å². The summed E-state index contributed by atoms with van der Waals surface area (Å²) in [5.74, 6) is -2.34. The molecular formula is C20H16FN5O5. The molecule has 2 aromatic carbocycles. The van der Waals surface area contributed by atoms with Gasteiger partial charge in [-0.2, -0.15) is 5.10 Å². The molecular weight excluding hydrogens is 409 g/mol. The minimum atomic E-state index is -0.747. The first-order chi connectivity index (χ1) is 14.9. The molecule has 4 rings (SSSR count). The van der Waals surface area contributed by atoms with Crippen LogP contribution in [0.2, 0.25) is 0 Å². The van der Waals surface area contributed by atoms with Gasteiger partial charge in [-0.1, -0.05) is 17.3 Å². The minimum absolute atomic E-state index is 0.0578. The number of nitrogens with zero attached hydrogens (tertiary/aromatic N) is 4. The Kier molecular flexibility index (Phi) is 4.99. The molecule has 0 radical (unpaired) electrons. The number of benzene rings is 2. The zero-order chi connectivity index (χ0) is 22.1. The van der Waals surface area contributed by atoms with Gasteiger partial charge in [0.2, 0.25) is 0 Å². The van der Waals surface area contributed by atoms with Crippen molar-refractivity contribution in [3.63, 3.8) is 0 Å². The summed E-state index contributed by atoms with van der Waals surface area (Å²) in [6.45, 7) is 0.104. The second kappa shape index (κ2) is 7.78. The van der Waals surface area contributed by atoms with Gasteiger partial charge in [0.1, 0.15) is 29.3 Å². The van der Waals surface area contributed by atoms with Crippen LogP contribution in [-0.4, -0.2) is 48.0 Å². The van der Waals surface area contributed by atoms with E-state index in [1.807, 2.05) is 0 Å². The molecule has 0 spiro atoms. The molecule has 4 aromatic rings. The second-order valence-electron chi connectivity index (χ2n) is 6.68. The number of aromatic amines is 1. The molecule has 0 saturated carbocycles. The maximum atomic E-state index is 14.3. The van der Waals surface area contributed by atoms with Crippen molar-refractivity contribution < 1.29 is 23.9 Å². The predicted octanol–water partition coefficient (Wildman–Crippen LogP) is 2.04. The van der Waals surface area contributed by atoms with Gasteiger partial charge in [0.25, 0.3) is 5.91 Å². The molecule has 0 aliphatic heterocycles. The number of rotatable bonds is 5. The van der Waals surface area contributed by atoms with Gasteiger partial charge in [-0.05, 0) is 18.2 Å². The molecule has 2 heterocycles. The number of carbonyl (C=O) groups is 1. The van der Waals surface area contributed by atoms with Crippen LogP contribution in [0.15, 0.2) is 58.0 Å². The molecule has 31 heavy (non-hydrogen) atoms. The smallest absolute Gasteiger partial charge is 0.348 e. The first-order valence-corrected chi connectivity index (χ1v) is 9.00. The number of hydrogen-bond donors (Lipinski definition) is 3. The highest BCUT2D eigenvalue weighted by Gasteiger charge is 2.24. The Morgan fingerprint density at radius 3 is 2.71 bits per heavy atom. The van der Waals surface area contributed by atoms with Gasteiger partial charge < -0.3 is 19.6 Å². The van der Waals surface area contributed by atoms with Crippen molar-refractivity contribution >= 4 is 5.91 Å². The van der Waals surface area contributed by atoms with E-state index in [1.165, 1.54) is 48.5 Å². The van der Waals surface area contributed by atoms with Crippen LogP contribution in [0.1, 0.15) is 16.1 Å². The number of halogens is 1. The Morgan fingerprint density at radius 1 is 1.23 bits per heavy atom. The van der Waals surface area contributed by atoms with E-state index >= 15 is 0 Å². The van der Waals surface area contributed by atoms with Crippen molar-refractivity contribution in [3.8, 4) is 28.6 Å². The first-order valence-electron chi connectivity index (χ1n) is 9.00. The number of carbonyl (C=O) groups excluding carboxylic acids is 1. The van der Waals surface area contributed by atoms with Gasteiger partial charge in [0, 0.05) is 19.2 Å².